The van der Waals surface area contributed by atoms with Gasteiger partial charge in [0.25, 0.3) is 5.92 Å². The number of nitrogens with zero attached hydrogens (tertiary/aromatic N) is 3. The number of rotatable bonds is 1. The number of carboxylic acids is 1. The zero-order valence-electron chi connectivity index (χ0n) is 15.1. The Morgan fingerprint density at radius 2 is 2.04 bits per heavy atom. The summed E-state index contributed by atoms with van der Waals surface area (Å²) in [6.45, 7) is 5.46. The molecule has 1 amide bonds. The smallest absolute Gasteiger partial charge is 0.410 e. The number of carboxylic acid groups (broad SMARTS) is 1. The minimum atomic E-state index is -3.18. The molecule has 0 fully saturated rings. The zero-order valence-corrected chi connectivity index (χ0v) is 15.1. The lowest BCUT2D eigenvalue weighted by atomic mass is 9.98. The number of halogens is 2. The summed E-state index contributed by atoms with van der Waals surface area (Å²) in [4.78, 5) is 25.0. The summed E-state index contributed by atoms with van der Waals surface area (Å²) in [7, 11) is 0. The number of amides is 1. The largest absolute Gasteiger partial charge is 0.481 e. The van der Waals surface area contributed by atoms with E-state index in [4.69, 9.17) is 4.74 Å². The van der Waals surface area contributed by atoms with Crippen molar-refractivity contribution in [1.82, 2.24) is 14.7 Å². The summed E-state index contributed by atoms with van der Waals surface area (Å²) >= 11 is 0. The molecular weight excluding hydrogens is 348 g/mol. The normalized spacial score (nSPS) is 22.2. The first-order valence-electron chi connectivity index (χ1n) is 8.65. The first kappa shape index (κ1) is 18.6. The van der Waals surface area contributed by atoms with Gasteiger partial charge in [0.15, 0.2) is 0 Å². The molecule has 1 unspecified atom stereocenters. The van der Waals surface area contributed by atoms with Gasteiger partial charge < -0.3 is 14.7 Å². The van der Waals surface area contributed by atoms with Crippen LogP contribution in [-0.4, -0.2) is 44.0 Å². The third-order valence-corrected chi connectivity index (χ3v) is 4.65. The van der Waals surface area contributed by atoms with Crippen LogP contribution in [0.1, 0.15) is 50.6 Å². The van der Waals surface area contributed by atoms with Gasteiger partial charge in [0.05, 0.1) is 24.7 Å². The van der Waals surface area contributed by atoms with E-state index in [1.807, 2.05) is 0 Å². The second kappa shape index (κ2) is 6.21. The molecule has 1 atom stereocenters. The fourth-order valence-corrected chi connectivity index (χ4v) is 3.43. The Bertz CT molecular complexity index is 739. The molecule has 1 aromatic rings. The number of alkyl halides is 2. The van der Waals surface area contributed by atoms with E-state index in [0.29, 0.717) is 24.2 Å². The standard InChI is InChI=1S/C17H23F2N3O4/c1-16(2,3)26-15(25)21-7-5-12-11(9-21)13-17(18,19)6-4-10(14(23)24)8-22(13)20-12/h10H,4-9H2,1-3H3,(H,23,24). The second-order valence-corrected chi connectivity index (χ2v) is 7.89. The summed E-state index contributed by atoms with van der Waals surface area (Å²) in [5.41, 5.74) is -0.112. The first-order chi connectivity index (χ1) is 12.0. The van der Waals surface area contributed by atoms with E-state index >= 15 is 0 Å². The number of hydrogen-bond donors (Lipinski definition) is 1. The summed E-state index contributed by atoms with van der Waals surface area (Å²) in [6.07, 6.45) is -0.879. The molecule has 3 rings (SSSR count). The van der Waals surface area contributed by atoms with E-state index in [1.54, 1.807) is 20.8 Å². The van der Waals surface area contributed by atoms with Crippen molar-refractivity contribution in [1.29, 1.82) is 0 Å². The van der Waals surface area contributed by atoms with Gasteiger partial charge in [-0.25, -0.2) is 4.79 Å². The molecule has 0 saturated heterocycles. The van der Waals surface area contributed by atoms with Crippen LogP contribution in [0.2, 0.25) is 0 Å². The van der Waals surface area contributed by atoms with Gasteiger partial charge >= 0.3 is 12.1 Å². The van der Waals surface area contributed by atoms with E-state index in [2.05, 4.69) is 5.10 Å². The van der Waals surface area contributed by atoms with Gasteiger partial charge in [-0.2, -0.15) is 13.9 Å². The maximum Gasteiger partial charge on any atom is 0.410 e. The molecule has 0 aromatic carbocycles. The monoisotopic (exact) mass is 371 g/mol. The predicted molar refractivity (Wildman–Crippen MR) is 86.8 cm³/mol. The minimum absolute atomic E-state index is 0.00704. The molecule has 0 bridgehead atoms. The average Bonchev–Trinajstić information content (AvgIpc) is 2.80. The van der Waals surface area contributed by atoms with Gasteiger partial charge in [0.2, 0.25) is 0 Å². The highest BCUT2D eigenvalue weighted by Gasteiger charge is 2.45. The van der Waals surface area contributed by atoms with Crippen LogP contribution in [0.4, 0.5) is 13.6 Å². The van der Waals surface area contributed by atoms with Crippen molar-refractivity contribution in [2.45, 2.75) is 64.6 Å². The van der Waals surface area contributed by atoms with E-state index in [1.165, 1.54) is 4.90 Å². The lowest BCUT2D eigenvalue weighted by molar-refractivity contribution is -0.142. The molecule has 0 radical (unpaired) electrons. The first-order valence-corrected chi connectivity index (χ1v) is 8.65. The predicted octanol–water partition coefficient (Wildman–Crippen LogP) is 2.76. The summed E-state index contributed by atoms with van der Waals surface area (Å²) in [5, 5.41) is 13.5. The average molecular weight is 371 g/mol. The quantitative estimate of drug-likeness (QED) is 0.821. The fourth-order valence-electron chi connectivity index (χ4n) is 3.43. The molecule has 9 heteroatoms. The maximum atomic E-state index is 14.7. The third kappa shape index (κ3) is 3.52. The molecule has 1 aromatic heterocycles. The van der Waals surface area contributed by atoms with E-state index in [-0.39, 0.29) is 25.2 Å². The van der Waals surface area contributed by atoms with Crippen LogP contribution in [-0.2, 0) is 35.0 Å². The van der Waals surface area contributed by atoms with Crippen LogP contribution < -0.4 is 0 Å². The summed E-state index contributed by atoms with van der Waals surface area (Å²) in [6, 6.07) is 0. The number of hydrogen-bond acceptors (Lipinski definition) is 4. The van der Waals surface area contributed by atoms with Crippen molar-refractivity contribution in [3.63, 3.8) is 0 Å². The van der Waals surface area contributed by atoms with Crippen LogP contribution in [0.25, 0.3) is 0 Å². The van der Waals surface area contributed by atoms with Gasteiger partial charge in [-0.05, 0) is 27.2 Å². The fraction of sp³-hybridized carbons (Fsp3) is 0.706. The molecule has 7 nitrogen and oxygen atoms in total. The number of carbonyl (C=O) groups is 2. The lowest BCUT2D eigenvalue weighted by Crippen LogP contribution is -2.40. The maximum absolute atomic E-state index is 14.7. The van der Waals surface area contributed by atoms with Crippen LogP contribution in [0, 0.1) is 5.92 Å². The van der Waals surface area contributed by atoms with Gasteiger partial charge in [0, 0.05) is 24.9 Å². The Kier molecular flexibility index (Phi) is 4.44. The Morgan fingerprint density at radius 3 is 2.65 bits per heavy atom. The number of fused-ring (bicyclic) bond motifs is 3. The van der Waals surface area contributed by atoms with Gasteiger partial charge in [-0.15, -0.1) is 0 Å². The van der Waals surface area contributed by atoms with Crippen LogP contribution >= 0.6 is 0 Å². The van der Waals surface area contributed by atoms with Crippen molar-refractivity contribution in [3.05, 3.63) is 17.0 Å². The van der Waals surface area contributed by atoms with Crippen molar-refractivity contribution in [2.75, 3.05) is 6.54 Å². The zero-order chi connectivity index (χ0) is 19.3. The molecule has 2 aliphatic heterocycles. The van der Waals surface area contributed by atoms with Crippen molar-refractivity contribution in [2.24, 2.45) is 5.92 Å². The summed E-state index contributed by atoms with van der Waals surface area (Å²) in [5.74, 6) is -5.18. The topological polar surface area (TPSA) is 84.7 Å². The van der Waals surface area contributed by atoms with E-state index in [0.717, 1.165) is 4.68 Å². The number of aromatic nitrogens is 2. The van der Waals surface area contributed by atoms with Crippen molar-refractivity contribution in [3.8, 4) is 0 Å². The minimum Gasteiger partial charge on any atom is -0.481 e. The van der Waals surface area contributed by atoms with Gasteiger partial charge in [-0.3, -0.25) is 9.48 Å². The highest BCUT2D eigenvalue weighted by atomic mass is 19.3. The van der Waals surface area contributed by atoms with E-state index < -0.39 is 35.9 Å². The SMILES string of the molecule is CC(C)(C)OC(=O)N1CCc2nn3c(c2C1)C(F)(F)CCC(C(=O)O)C3. The highest BCUT2D eigenvalue weighted by molar-refractivity contribution is 5.70. The Balaban J connectivity index is 1.92. The molecule has 2 aliphatic rings. The molecule has 0 saturated carbocycles. The Hall–Kier alpha value is -2.19. The number of ether oxygens (including phenoxy) is 1. The van der Waals surface area contributed by atoms with Gasteiger partial charge in [-0.1, -0.05) is 0 Å². The lowest BCUT2D eigenvalue weighted by Gasteiger charge is -2.30. The second-order valence-electron chi connectivity index (χ2n) is 7.89. The molecule has 144 valence electrons. The van der Waals surface area contributed by atoms with Crippen LogP contribution in [0.15, 0.2) is 0 Å². The molecule has 3 heterocycles. The van der Waals surface area contributed by atoms with Crippen molar-refractivity contribution >= 4 is 12.1 Å². The molecule has 26 heavy (non-hydrogen) atoms. The van der Waals surface area contributed by atoms with Gasteiger partial charge in [0.1, 0.15) is 11.3 Å². The highest BCUT2D eigenvalue weighted by Crippen LogP contribution is 2.41. The van der Waals surface area contributed by atoms with E-state index in [9.17, 15) is 23.5 Å². The van der Waals surface area contributed by atoms with Crippen LogP contribution in [0.3, 0.4) is 0 Å². The number of aliphatic carboxylic acids is 1. The van der Waals surface area contributed by atoms with Crippen LogP contribution in [0.5, 0.6) is 0 Å². The summed E-state index contributed by atoms with van der Waals surface area (Å²) < 4.78 is 35.9. The third-order valence-electron chi connectivity index (χ3n) is 4.65. The Labute approximate surface area is 149 Å². The number of carbonyl (C=O) groups excluding carboxylic acids is 1. The molecular formula is C17H23F2N3O4. The molecule has 0 aliphatic carbocycles. The Morgan fingerprint density at radius 1 is 1.35 bits per heavy atom. The molecule has 1 N–H and O–H groups in total. The van der Waals surface area contributed by atoms with Crippen molar-refractivity contribution < 1.29 is 28.2 Å². The molecule has 0 spiro atoms.